The number of aliphatic hydroxyl groups excluding tert-OH is 1. The Hall–Kier alpha value is -1.10. The van der Waals surface area contributed by atoms with Crippen LogP contribution in [-0.4, -0.2) is 46.7 Å². The van der Waals surface area contributed by atoms with Gasteiger partial charge in [0.05, 0.1) is 6.42 Å². The molecule has 0 saturated heterocycles. The third-order valence-electron chi connectivity index (χ3n) is 2.46. The minimum absolute atomic E-state index is 0.0581. The average molecular weight is 273 g/mol. The highest BCUT2D eigenvalue weighted by Crippen LogP contribution is 2.11. The second kappa shape index (κ2) is 8.15. The molecule has 0 rings (SSSR count). The lowest BCUT2D eigenvalue weighted by Gasteiger charge is -2.27. The Bertz CT molecular complexity index is 294. The van der Waals surface area contributed by atoms with E-state index in [9.17, 15) is 9.59 Å². The number of carbonyl (C=O) groups excluding carboxylic acids is 2. The van der Waals surface area contributed by atoms with Gasteiger partial charge >= 0.3 is 5.97 Å². The molecule has 0 fully saturated rings. The van der Waals surface area contributed by atoms with Gasteiger partial charge in [0.15, 0.2) is 0 Å². The molecule has 0 bridgehead atoms. The fraction of sp³-hybridized carbons (Fsp3) is 0.857. The molecule has 0 aromatic rings. The maximum absolute atomic E-state index is 12.0. The van der Waals surface area contributed by atoms with Crippen LogP contribution in [0.25, 0.3) is 0 Å². The Morgan fingerprint density at radius 1 is 1.21 bits per heavy atom. The molecule has 0 atom stereocenters. The van der Waals surface area contributed by atoms with Crippen molar-refractivity contribution in [2.45, 2.75) is 65.5 Å². The molecular formula is C14H27NO4. The molecule has 19 heavy (non-hydrogen) atoms. The highest BCUT2D eigenvalue weighted by atomic mass is 16.6. The molecule has 0 saturated carbocycles. The minimum atomic E-state index is -0.519. The number of aliphatic hydroxyl groups is 1. The summed E-state index contributed by atoms with van der Waals surface area (Å²) < 4.78 is 5.16. The summed E-state index contributed by atoms with van der Waals surface area (Å²) >= 11 is 0. The minimum Gasteiger partial charge on any atom is -0.460 e. The molecule has 0 unspecified atom stereocenters. The van der Waals surface area contributed by atoms with Crippen LogP contribution in [0.4, 0.5) is 0 Å². The van der Waals surface area contributed by atoms with Crippen molar-refractivity contribution >= 4 is 11.9 Å². The highest BCUT2D eigenvalue weighted by molar-refractivity contribution is 5.81. The highest BCUT2D eigenvalue weighted by Gasteiger charge is 2.20. The number of nitrogens with zero attached hydrogens (tertiary/aromatic N) is 1. The summed E-state index contributed by atoms with van der Waals surface area (Å²) in [4.78, 5) is 25.2. The second-order valence-corrected chi connectivity index (χ2v) is 5.84. The van der Waals surface area contributed by atoms with Gasteiger partial charge in [-0.15, -0.1) is 0 Å². The quantitative estimate of drug-likeness (QED) is 0.717. The fourth-order valence-corrected chi connectivity index (χ4v) is 1.66. The molecule has 1 amide bonds. The summed E-state index contributed by atoms with van der Waals surface area (Å²) in [6.07, 6.45) is 0.799. The van der Waals surface area contributed by atoms with Gasteiger partial charge in [-0.1, -0.05) is 0 Å². The SMILES string of the molecule is CC(C)N(CCCO)C(=O)CCC(=O)OC(C)(C)C. The van der Waals surface area contributed by atoms with Crippen LogP contribution in [0.1, 0.15) is 53.9 Å². The zero-order chi connectivity index (χ0) is 15.1. The van der Waals surface area contributed by atoms with E-state index in [1.165, 1.54) is 0 Å². The number of esters is 1. The zero-order valence-corrected chi connectivity index (χ0v) is 12.7. The first kappa shape index (κ1) is 17.9. The number of ether oxygens (including phenoxy) is 1. The van der Waals surface area contributed by atoms with Crippen LogP contribution in [0.2, 0.25) is 0 Å². The summed E-state index contributed by atoms with van der Waals surface area (Å²) in [7, 11) is 0. The molecule has 0 aliphatic rings. The molecule has 0 aliphatic carbocycles. The summed E-state index contributed by atoms with van der Waals surface area (Å²) in [6.45, 7) is 9.81. The van der Waals surface area contributed by atoms with Crippen LogP contribution in [-0.2, 0) is 14.3 Å². The fourth-order valence-electron chi connectivity index (χ4n) is 1.66. The lowest BCUT2D eigenvalue weighted by molar-refractivity contribution is -0.156. The summed E-state index contributed by atoms with van der Waals surface area (Å²) in [5, 5.41) is 8.81. The molecule has 0 aromatic heterocycles. The van der Waals surface area contributed by atoms with E-state index in [-0.39, 0.29) is 37.4 Å². The van der Waals surface area contributed by atoms with Crippen LogP contribution in [0.5, 0.6) is 0 Å². The Labute approximate surface area is 115 Å². The Morgan fingerprint density at radius 2 is 1.79 bits per heavy atom. The van der Waals surface area contributed by atoms with E-state index in [4.69, 9.17) is 9.84 Å². The topological polar surface area (TPSA) is 66.8 Å². The summed E-state index contributed by atoms with van der Waals surface area (Å²) in [5.41, 5.74) is -0.519. The molecule has 112 valence electrons. The number of hydrogen-bond donors (Lipinski definition) is 1. The van der Waals surface area contributed by atoms with Crippen molar-refractivity contribution in [3.8, 4) is 0 Å². The van der Waals surface area contributed by atoms with E-state index in [1.54, 1.807) is 25.7 Å². The Morgan fingerprint density at radius 3 is 2.21 bits per heavy atom. The Balaban J connectivity index is 4.22. The van der Waals surface area contributed by atoms with E-state index in [0.29, 0.717) is 13.0 Å². The van der Waals surface area contributed by atoms with Crippen molar-refractivity contribution in [2.24, 2.45) is 0 Å². The second-order valence-electron chi connectivity index (χ2n) is 5.84. The van der Waals surface area contributed by atoms with E-state index in [1.807, 2.05) is 13.8 Å². The summed E-state index contributed by atoms with van der Waals surface area (Å²) in [5.74, 6) is -0.430. The Kier molecular flexibility index (Phi) is 7.68. The molecule has 0 radical (unpaired) electrons. The molecule has 0 spiro atoms. The average Bonchev–Trinajstić information content (AvgIpc) is 2.24. The van der Waals surface area contributed by atoms with Gasteiger partial charge in [0, 0.05) is 25.6 Å². The van der Waals surface area contributed by atoms with Crippen molar-refractivity contribution in [1.29, 1.82) is 0 Å². The summed E-state index contributed by atoms with van der Waals surface area (Å²) in [6, 6.07) is 0.0673. The van der Waals surface area contributed by atoms with E-state index in [2.05, 4.69) is 0 Å². The van der Waals surface area contributed by atoms with E-state index < -0.39 is 5.60 Å². The smallest absolute Gasteiger partial charge is 0.306 e. The number of carbonyl (C=O) groups is 2. The molecule has 0 aliphatic heterocycles. The molecule has 5 nitrogen and oxygen atoms in total. The predicted molar refractivity (Wildman–Crippen MR) is 73.6 cm³/mol. The van der Waals surface area contributed by atoms with Crippen LogP contribution in [0, 0.1) is 0 Å². The normalized spacial score (nSPS) is 11.5. The van der Waals surface area contributed by atoms with Crippen LogP contribution in [0.15, 0.2) is 0 Å². The van der Waals surface area contributed by atoms with Gasteiger partial charge in [0.2, 0.25) is 5.91 Å². The zero-order valence-electron chi connectivity index (χ0n) is 12.7. The first-order valence-corrected chi connectivity index (χ1v) is 6.79. The van der Waals surface area contributed by atoms with Gasteiger partial charge in [-0.3, -0.25) is 9.59 Å². The molecule has 0 heterocycles. The maximum Gasteiger partial charge on any atom is 0.306 e. The van der Waals surface area contributed by atoms with Crippen LogP contribution >= 0.6 is 0 Å². The van der Waals surface area contributed by atoms with Crippen molar-refractivity contribution in [2.75, 3.05) is 13.2 Å². The third kappa shape index (κ3) is 8.59. The molecule has 5 heteroatoms. The van der Waals surface area contributed by atoms with Crippen molar-refractivity contribution < 1.29 is 19.4 Å². The monoisotopic (exact) mass is 273 g/mol. The van der Waals surface area contributed by atoms with Gasteiger partial charge in [-0.05, 0) is 41.0 Å². The van der Waals surface area contributed by atoms with Crippen molar-refractivity contribution in [3.63, 3.8) is 0 Å². The molecular weight excluding hydrogens is 246 g/mol. The lowest BCUT2D eigenvalue weighted by atomic mass is 10.2. The first-order chi connectivity index (χ1) is 8.67. The molecule has 1 N–H and O–H groups in total. The van der Waals surface area contributed by atoms with Crippen LogP contribution in [0.3, 0.4) is 0 Å². The largest absolute Gasteiger partial charge is 0.460 e. The van der Waals surface area contributed by atoms with Gasteiger partial charge < -0.3 is 14.7 Å². The van der Waals surface area contributed by atoms with Gasteiger partial charge in [0.25, 0.3) is 0 Å². The molecule has 0 aromatic carbocycles. The first-order valence-electron chi connectivity index (χ1n) is 6.79. The third-order valence-corrected chi connectivity index (χ3v) is 2.46. The van der Waals surface area contributed by atoms with Gasteiger partial charge in [-0.2, -0.15) is 0 Å². The lowest BCUT2D eigenvalue weighted by Crippen LogP contribution is -2.38. The number of hydrogen-bond acceptors (Lipinski definition) is 4. The number of amides is 1. The van der Waals surface area contributed by atoms with Gasteiger partial charge in [-0.25, -0.2) is 0 Å². The maximum atomic E-state index is 12.0. The van der Waals surface area contributed by atoms with Crippen molar-refractivity contribution in [1.82, 2.24) is 4.90 Å². The standard InChI is InChI=1S/C14H27NO4/c1-11(2)15(9-6-10-16)12(17)7-8-13(18)19-14(3,4)5/h11,16H,6-10H2,1-5H3. The van der Waals surface area contributed by atoms with E-state index >= 15 is 0 Å². The van der Waals surface area contributed by atoms with E-state index in [0.717, 1.165) is 0 Å². The van der Waals surface area contributed by atoms with Gasteiger partial charge in [0.1, 0.15) is 5.60 Å². The van der Waals surface area contributed by atoms with Crippen molar-refractivity contribution in [3.05, 3.63) is 0 Å². The van der Waals surface area contributed by atoms with Crippen LogP contribution < -0.4 is 0 Å². The predicted octanol–water partition coefficient (Wildman–Crippen LogP) is 1.73. The number of rotatable bonds is 7.